The van der Waals surface area contributed by atoms with Gasteiger partial charge < -0.3 is 5.32 Å². The molecule has 0 aromatic heterocycles. The Balaban J connectivity index is 2.13. The fourth-order valence-electron chi connectivity index (χ4n) is 3.20. The van der Waals surface area contributed by atoms with Crippen LogP contribution in [-0.4, -0.2) is 13.1 Å². The van der Waals surface area contributed by atoms with Crippen molar-refractivity contribution in [1.82, 2.24) is 5.32 Å². The van der Waals surface area contributed by atoms with Gasteiger partial charge >= 0.3 is 0 Å². The van der Waals surface area contributed by atoms with E-state index in [0.717, 1.165) is 12.5 Å². The number of rotatable bonds is 0. The highest BCUT2D eigenvalue weighted by Gasteiger charge is 2.43. The van der Waals surface area contributed by atoms with Gasteiger partial charge in [-0.3, -0.25) is 0 Å². The Labute approximate surface area is 99.4 Å². The van der Waals surface area contributed by atoms with E-state index in [4.69, 9.17) is 0 Å². The average Bonchev–Trinajstić information content (AvgIpc) is 2.60. The van der Waals surface area contributed by atoms with Crippen molar-refractivity contribution in [3.05, 3.63) is 33.8 Å². The average molecular weight is 266 g/mol. The van der Waals surface area contributed by atoms with E-state index in [0.29, 0.717) is 5.41 Å². The third-order valence-corrected chi connectivity index (χ3v) is 4.94. The van der Waals surface area contributed by atoms with Gasteiger partial charge in [0.15, 0.2) is 0 Å². The SMILES string of the molecule is C[C@]12CCc3c(Br)cccc3[C@H]1CNC2. The molecule has 0 saturated carbocycles. The lowest BCUT2D eigenvalue weighted by molar-refractivity contribution is 0.277. The molecule has 1 aromatic carbocycles. The van der Waals surface area contributed by atoms with Gasteiger partial charge in [-0.05, 0) is 35.4 Å². The molecule has 2 atom stereocenters. The zero-order chi connectivity index (χ0) is 10.5. The van der Waals surface area contributed by atoms with Gasteiger partial charge in [0.05, 0.1) is 0 Å². The third kappa shape index (κ3) is 1.38. The molecule has 0 bridgehead atoms. The summed E-state index contributed by atoms with van der Waals surface area (Å²) in [6.45, 7) is 4.77. The van der Waals surface area contributed by atoms with Crippen LogP contribution in [0.4, 0.5) is 0 Å². The van der Waals surface area contributed by atoms with Gasteiger partial charge in [-0.2, -0.15) is 0 Å². The molecule has 1 aromatic rings. The Morgan fingerprint density at radius 1 is 1.47 bits per heavy atom. The molecule has 1 aliphatic carbocycles. The number of halogens is 1. The van der Waals surface area contributed by atoms with Crippen molar-refractivity contribution >= 4 is 15.9 Å². The third-order valence-electron chi connectivity index (χ3n) is 4.20. The summed E-state index contributed by atoms with van der Waals surface area (Å²) in [6, 6.07) is 6.66. The van der Waals surface area contributed by atoms with E-state index in [1.165, 1.54) is 23.9 Å². The normalized spacial score (nSPS) is 33.6. The van der Waals surface area contributed by atoms with E-state index in [9.17, 15) is 0 Å². The predicted octanol–water partition coefficient (Wildman–Crippen LogP) is 3.09. The van der Waals surface area contributed by atoms with Gasteiger partial charge in [0.1, 0.15) is 0 Å². The quantitative estimate of drug-likeness (QED) is 0.761. The first kappa shape index (κ1) is 9.86. The van der Waals surface area contributed by atoms with Gasteiger partial charge in [0, 0.05) is 23.5 Å². The molecule has 0 spiro atoms. The Hall–Kier alpha value is -0.340. The first-order valence-corrected chi connectivity index (χ1v) is 6.48. The minimum absolute atomic E-state index is 0.494. The van der Waals surface area contributed by atoms with Crippen LogP contribution in [0.25, 0.3) is 0 Å². The minimum atomic E-state index is 0.494. The Morgan fingerprint density at radius 2 is 2.33 bits per heavy atom. The summed E-state index contributed by atoms with van der Waals surface area (Å²) in [6.07, 6.45) is 2.55. The second-order valence-electron chi connectivity index (χ2n) is 5.15. The highest BCUT2D eigenvalue weighted by molar-refractivity contribution is 9.10. The molecule has 1 N–H and O–H groups in total. The molecular weight excluding hydrogens is 250 g/mol. The maximum absolute atomic E-state index is 3.68. The van der Waals surface area contributed by atoms with E-state index in [2.05, 4.69) is 46.4 Å². The molecule has 1 heterocycles. The van der Waals surface area contributed by atoms with Gasteiger partial charge in [-0.1, -0.05) is 35.0 Å². The van der Waals surface area contributed by atoms with Crippen LogP contribution in [0.3, 0.4) is 0 Å². The number of hydrogen-bond acceptors (Lipinski definition) is 1. The number of fused-ring (bicyclic) bond motifs is 3. The first-order valence-electron chi connectivity index (χ1n) is 5.69. The summed E-state index contributed by atoms with van der Waals surface area (Å²) >= 11 is 3.68. The van der Waals surface area contributed by atoms with Crippen LogP contribution in [0.1, 0.15) is 30.4 Å². The van der Waals surface area contributed by atoms with Gasteiger partial charge in [0.2, 0.25) is 0 Å². The van der Waals surface area contributed by atoms with Gasteiger partial charge in [0.25, 0.3) is 0 Å². The second kappa shape index (κ2) is 3.33. The van der Waals surface area contributed by atoms with Crippen LogP contribution in [0.2, 0.25) is 0 Å². The summed E-state index contributed by atoms with van der Waals surface area (Å²) in [4.78, 5) is 0. The van der Waals surface area contributed by atoms with E-state index >= 15 is 0 Å². The molecule has 2 heteroatoms. The van der Waals surface area contributed by atoms with Crippen LogP contribution in [-0.2, 0) is 6.42 Å². The number of benzene rings is 1. The standard InChI is InChI=1S/C13H16BrN/c1-13-6-5-10-9(3-2-4-12(10)14)11(13)7-15-8-13/h2-4,11,15H,5-8H2,1H3/t11-,13-/m1/s1. The Morgan fingerprint density at radius 3 is 3.20 bits per heavy atom. The van der Waals surface area contributed by atoms with E-state index in [1.54, 1.807) is 11.1 Å². The molecule has 1 nitrogen and oxygen atoms in total. The zero-order valence-corrected chi connectivity index (χ0v) is 10.6. The molecule has 0 amide bonds. The van der Waals surface area contributed by atoms with Crippen LogP contribution in [0.5, 0.6) is 0 Å². The van der Waals surface area contributed by atoms with Crippen LogP contribution in [0.15, 0.2) is 22.7 Å². The Kier molecular flexibility index (Phi) is 2.18. The smallest absolute Gasteiger partial charge is 0.0210 e. The van der Waals surface area contributed by atoms with Crippen molar-refractivity contribution in [1.29, 1.82) is 0 Å². The number of nitrogens with one attached hydrogen (secondary N) is 1. The summed E-state index contributed by atoms with van der Waals surface area (Å²) in [5.41, 5.74) is 3.61. The summed E-state index contributed by atoms with van der Waals surface area (Å²) in [5.74, 6) is 0.721. The van der Waals surface area contributed by atoms with Crippen molar-refractivity contribution in [2.45, 2.75) is 25.7 Å². The first-order chi connectivity index (χ1) is 7.21. The highest BCUT2D eigenvalue weighted by Crippen LogP contribution is 2.48. The molecule has 3 rings (SSSR count). The topological polar surface area (TPSA) is 12.0 Å². The lowest BCUT2D eigenvalue weighted by Gasteiger charge is -2.37. The highest BCUT2D eigenvalue weighted by atomic mass is 79.9. The minimum Gasteiger partial charge on any atom is -0.316 e. The van der Waals surface area contributed by atoms with Crippen molar-refractivity contribution in [2.75, 3.05) is 13.1 Å². The number of hydrogen-bond donors (Lipinski definition) is 1. The van der Waals surface area contributed by atoms with Crippen molar-refractivity contribution in [3.8, 4) is 0 Å². The monoisotopic (exact) mass is 265 g/mol. The fourth-order valence-corrected chi connectivity index (χ4v) is 3.78. The predicted molar refractivity (Wildman–Crippen MR) is 66.2 cm³/mol. The summed E-state index contributed by atoms with van der Waals surface area (Å²) < 4.78 is 1.30. The van der Waals surface area contributed by atoms with Crippen molar-refractivity contribution in [3.63, 3.8) is 0 Å². The maximum atomic E-state index is 3.68. The largest absolute Gasteiger partial charge is 0.316 e. The molecule has 1 aliphatic heterocycles. The van der Waals surface area contributed by atoms with E-state index in [1.807, 2.05) is 0 Å². The van der Waals surface area contributed by atoms with Crippen LogP contribution in [0, 0.1) is 5.41 Å². The second-order valence-corrected chi connectivity index (χ2v) is 6.00. The van der Waals surface area contributed by atoms with Crippen molar-refractivity contribution < 1.29 is 0 Å². The fraction of sp³-hybridized carbons (Fsp3) is 0.538. The Bertz CT molecular complexity index is 402. The zero-order valence-electron chi connectivity index (χ0n) is 9.02. The van der Waals surface area contributed by atoms with Gasteiger partial charge in [-0.15, -0.1) is 0 Å². The molecule has 1 saturated heterocycles. The molecule has 0 radical (unpaired) electrons. The molecular formula is C13H16BrN. The lowest BCUT2D eigenvalue weighted by atomic mass is 9.67. The lowest BCUT2D eigenvalue weighted by Crippen LogP contribution is -2.30. The molecule has 2 aliphatic rings. The molecule has 0 unspecified atom stereocenters. The summed E-state index contributed by atoms with van der Waals surface area (Å²) in [7, 11) is 0. The molecule has 15 heavy (non-hydrogen) atoms. The van der Waals surface area contributed by atoms with Crippen LogP contribution >= 0.6 is 15.9 Å². The van der Waals surface area contributed by atoms with E-state index in [-0.39, 0.29) is 0 Å². The van der Waals surface area contributed by atoms with E-state index < -0.39 is 0 Å². The summed E-state index contributed by atoms with van der Waals surface area (Å²) in [5, 5.41) is 3.55. The van der Waals surface area contributed by atoms with Crippen molar-refractivity contribution in [2.24, 2.45) is 5.41 Å². The molecule has 1 fully saturated rings. The maximum Gasteiger partial charge on any atom is 0.0210 e. The van der Waals surface area contributed by atoms with Crippen LogP contribution < -0.4 is 5.32 Å². The molecule has 80 valence electrons. The van der Waals surface area contributed by atoms with Gasteiger partial charge in [-0.25, -0.2) is 0 Å².